The molecule has 0 bridgehead atoms. The second kappa shape index (κ2) is 5.98. The molecule has 92 valence electrons. The van der Waals surface area contributed by atoms with Gasteiger partial charge in [-0.2, -0.15) is 0 Å². The molecule has 0 aliphatic carbocycles. The second-order valence-electron chi connectivity index (χ2n) is 3.67. The smallest absolute Gasteiger partial charge is 0.326 e. The Balaban J connectivity index is 2.58. The van der Waals surface area contributed by atoms with Gasteiger partial charge in [0.05, 0.1) is 6.42 Å². The van der Waals surface area contributed by atoms with Gasteiger partial charge in [0, 0.05) is 0 Å². The third kappa shape index (κ3) is 4.22. The van der Waals surface area contributed by atoms with Crippen LogP contribution in [0, 0.1) is 5.82 Å². The summed E-state index contributed by atoms with van der Waals surface area (Å²) in [5, 5.41) is 11.1. The molecule has 0 saturated carbocycles. The number of hydrogen-bond donors (Lipinski definition) is 2. The Morgan fingerprint density at radius 3 is 2.71 bits per heavy atom. The summed E-state index contributed by atoms with van der Waals surface area (Å²) in [6, 6.07) is 4.77. The maximum atomic E-state index is 12.8. The molecule has 0 heterocycles. The molecule has 0 spiro atoms. The van der Waals surface area contributed by atoms with Crippen LogP contribution in [0.2, 0.25) is 0 Å². The zero-order valence-electron chi connectivity index (χ0n) is 9.44. The number of carbonyl (C=O) groups is 2. The van der Waals surface area contributed by atoms with Gasteiger partial charge in [0.25, 0.3) is 0 Å². The Morgan fingerprint density at radius 2 is 2.18 bits per heavy atom. The molecule has 0 aromatic heterocycles. The van der Waals surface area contributed by atoms with Crippen LogP contribution in [-0.4, -0.2) is 23.0 Å². The molecule has 0 aliphatic rings. The minimum atomic E-state index is -1.07. The summed E-state index contributed by atoms with van der Waals surface area (Å²) in [4.78, 5) is 22.2. The van der Waals surface area contributed by atoms with Gasteiger partial charge in [-0.15, -0.1) is 0 Å². The average molecular weight is 239 g/mol. The first-order valence-electron chi connectivity index (χ1n) is 5.29. The molecule has 1 aromatic rings. The summed E-state index contributed by atoms with van der Waals surface area (Å²) in [7, 11) is 0. The highest BCUT2D eigenvalue weighted by Gasteiger charge is 2.17. The minimum Gasteiger partial charge on any atom is -0.480 e. The quantitative estimate of drug-likeness (QED) is 0.815. The van der Waals surface area contributed by atoms with Crippen molar-refractivity contribution in [3.8, 4) is 0 Å². The predicted molar refractivity (Wildman–Crippen MR) is 60.0 cm³/mol. The van der Waals surface area contributed by atoms with Crippen LogP contribution in [0.3, 0.4) is 0 Å². The Hall–Kier alpha value is -1.91. The van der Waals surface area contributed by atoms with Gasteiger partial charge in [0.1, 0.15) is 11.9 Å². The molecule has 2 N–H and O–H groups in total. The molecule has 0 fully saturated rings. The molecular weight excluding hydrogens is 225 g/mol. The van der Waals surface area contributed by atoms with Gasteiger partial charge in [-0.05, 0) is 24.1 Å². The molecule has 17 heavy (non-hydrogen) atoms. The van der Waals surface area contributed by atoms with Crippen LogP contribution in [0.5, 0.6) is 0 Å². The van der Waals surface area contributed by atoms with E-state index in [9.17, 15) is 14.0 Å². The summed E-state index contributed by atoms with van der Waals surface area (Å²) in [5.41, 5.74) is 0.516. The highest BCUT2D eigenvalue weighted by atomic mass is 19.1. The topological polar surface area (TPSA) is 66.4 Å². The molecule has 1 amide bonds. The third-order valence-corrected chi connectivity index (χ3v) is 2.30. The van der Waals surface area contributed by atoms with Crippen molar-refractivity contribution in [3.05, 3.63) is 35.6 Å². The van der Waals surface area contributed by atoms with Gasteiger partial charge in [0.2, 0.25) is 5.91 Å². The number of aliphatic carboxylic acids is 1. The van der Waals surface area contributed by atoms with Crippen LogP contribution in [0.25, 0.3) is 0 Å². The monoisotopic (exact) mass is 239 g/mol. The zero-order chi connectivity index (χ0) is 12.8. The lowest BCUT2D eigenvalue weighted by atomic mass is 10.1. The van der Waals surface area contributed by atoms with Crippen molar-refractivity contribution >= 4 is 11.9 Å². The van der Waals surface area contributed by atoms with Crippen LogP contribution >= 0.6 is 0 Å². The maximum absolute atomic E-state index is 12.8. The maximum Gasteiger partial charge on any atom is 0.326 e. The fourth-order valence-electron chi connectivity index (χ4n) is 1.42. The SMILES string of the molecule is CC[C@@H](NC(=O)Cc1cccc(F)c1)C(=O)O. The molecule has 5 heteroatoms. The lowest BCUT2D eigenvalue weighted by Gasteiger charge is -2.12. The lowest BCUT2D eigenvalue weighted by molar-refractivity contribution is -0.141. The molecule has 0 aliphatic heterocycles. The molecule has 0 saturated heterocycles. The molecule has 1 aromatic carbocycles. The number of amides is 1. The van der Waals surface area contributed by atoms with E-state index < -0.39 is 23.7 Å². The van der Waals surface area contributed by atoms with Crippen molar-refractivity contribution < 1.29 is 19.1 Å². The van der Waals surface area contributed by atoms with Gasteiger partial charge >= 0.3 is 5.97 Å². The highest BCUT2D eigenvalue weighted by molar-refractivity contribution is 5.84. The van der Waals surface area contributed by atoms with Gasteiger partial charge in [-0.3, -0.25) is 4.79 Å². The van der Waals surface area contributed by atoms with Crippen molar-refractivity contribution in [3.63, 3.8) is 0 Å². The first-order chi connectivity index (χ1) is 8.02. The molecule has 0 radical (unpaired) electrons. The molecular formula is C12H14FNO3. The number of carboxylic acid groups (broad SMARTS) is 1. The van der Waals surface area contributed by atoms with Crippen LogP contribution < -0.4 is 5.32 Å². The molecule has 0 unspecified atom stereocenters. The van der Waals surface area contributed by atoms with Crippen molar-refractivity contribution in [2.24, 2.45) is 0 Å². The van der Waals surface area contributed by atoms with Gasteiger partial charge in [-0.25, -0.2) is 9.18 Å². The summed E-state index contributed by atoms with van der Waals surface area (Å²) < 4.78 is 12.8. The number of rotatable bonds is 5. The molecule has 1 atom stereocenters. The van der Waals surface area contributed by atoms with E-state index >= 15 is 0 Å². The number of carboxylic acids is 1. The largest absolute Gasteiger partial charge is 0.480 e. The summed E-state index contributed by atoms with van der Waals surface area (Å²) in [6.45, 7) is 1.67. The van der Waals surface area contributed by atoms with E-state index in [1.54, 1.807) is 13.0 Å². The Labute approximate surface area is 98.5 Å². The van der Waals surface area contributed by atoms with E-state index in [-0.39, 0.29) is 6.42 Å². The highest BCUT2D eigenvalue weighted by Crippen LogP contribution is 2.04. The minimum absolute atomic E-state index is 0.0263. The van der Waals surface area contributed by atoms with Gasteiger partial charge < -0.3 is 10.4 Å². The fraction of sp³-hybridized carbons (Fsp3) is 0.333. The lowest BCUT2D eigenvalue weighted by Crippen LogP contribution is -2.40. The van der Waals surface area contributed by atoms with Crippen LogP contribution in [0.15, 0.2) is 24.3 Å². The summed E-state index contributed by atoms with van der Waals surface area (Å²) >= 11 is 0. The van der Waals surface area contributed by atoms with Crippen LogP contribution in [-0.2, 0) is 16.0 Å². The van der Waals surface area contributed by atoms with E-state index in [2.05, 4.69) is 5.32 Å². The first kappa shape index (κ1) is 13.2. The number of nitrogens with one attached hydrogen (secondary N) is 1. The van der Waals surface area contributed by atoms with Crippen molar-refractivity contribution in [1.82, 2.24) is 5.32 Å². The normalized spacial score (nSPS) is 11.9. The number of carbonyl (C=O) groups excluding carboxylic acids is 1. The van der Waals surface area contributed by atoms with E-state index in [0.717, 1.165) is 0 Å². The Morgan fingerprint density at radius 1 is 1.47 bits per heavy atom. The Bertz CT molecular complexity index is 420. The zero-order valence-corrected chi connectivity index (χ0v) is 9.44. The third-order valence-electron chi connectivity index (χ3n) is 2.30. The summed E-state index contributed by atoms with van der Waals surface area (Å²) in [5.74, 6) is -1.91. The van der Waals surface area contributed by atoms with Crippen molar-refractivity contribution in [1.29, 1.82) is 0 Å². The van der Waals surface area contributed by atoms with E-state index in [1.807, 2.05) is 0 Å². The number of benzene rings is 1. The van der Waals surface area contributed by atoms with Crippen molar-refractivity contribution in [2.75, 3.05) is 0 Å². The second-order valence-corrected chi connectivity index (χ2v) is 3.67. The standard InChI is InChI=1S/C12H14FNO3/c1-2-10(12(16)17)14-11(15)7-8-4-3-5-9(13)6-8/h3-6,10H,2,7H2,1H3,(H,14,15)(H,16,17)/t10-/m1/s1. The summed E-state index contributed by atoms with van der Waals surface area (Å²) in [6.07, 6.45) is 0.283. The van der Waals surface area contributed by atoms with Crippen LogP contribution in [0.1, 0.15) is 18.9 Å². The van der Waals surface area contributed by atoms with Crippen LogP contribution in [0.4, 0.5) is 4.39 Å². The number of hydrogen-bond acceptors (Lipinski definition) is 2. The first-order valence-corrected chi connectivity index (χ1v) is 5.29. The number of halogens is 1. The van der Waals surface area contributed by atoms with Gasteiger partial charge in [-0.1, -0.05) is 19.1 Å². The predicted octanol–water partition coefficient (Wildman–Crippen LogP) is 1.35. The van der Waals surface area contributed by atoms with E-state index in [4.69, 9.17) is 5.11 Å². The van der Waals surface area contributed by atoms with E-state index in [1.165, 1.54) is 18.2 Å². The average Bonchev–Trinajstić information content (AvgIpc) is 2.25. The Kier molecular flexibility index (Phi) is 4.63. The van der Waals surface area contributed by atoms with Crippen molar-refractivity contribution in [2.45, 2.75) is 25.8 Å². The molecule has 1 rings (SSSR count). The van der Waals surface area contributed by atoms with Gasteiger partial charge in [0.15, 0.2) is 0 Å². The van der Waals surface area contributed by atoms with E-state index in [0.29, 0.717) is 12.0 Å². The molecule has 4 nitrogen and oxygen atoms in total. The fourth-order valence-corrected chi connectivity index (χ4v) is 1.42.